The number of hydrogen-bond donors (Lipinski definition) is 2. The van der Waals surface area contributed by atoms with Gasteiger partial charge < -0.3 is 10.2 Å². The minimum atomic E-state index is -4.54. The Morgan fingerprint density at radius 1 is 0.923 bits per heavy atom. The maximum absolute atomic E-state index is 12.6. The van der Waals surface area contributed by atoms with Crippen molar-refractivity contribution in [2.45, 2.75) is 12.7 Å². The molecule has 0 unspecified atom stereocenters. The van der Waals surface area contributed by atoms with Gasteiger partial charge in [0.05, 0.1) is 0 Å². The summed E-state index contributed by atoms with van der Waals surface area (Å²) < 4.78 is 43.2. The number of rotatable bonds is 6. The molecule has 5 nitrogen and oxygen atoms in total. The quantitative estimate of drug-likeness (QED) is 0.638. The predicted molar refractivity (Wildman–Crippen MR) is 90.5 cm³/mol. The molecule has 1 aromatic heterocycles. The van der Waals surface area contributed by atoms with Gasteiger partial charge in [0.2, 0.25) is 0 Å². The molecule has 0 aliphatic heterocycles. The molecule has 0 fully saturated rings. The first-order valence-electron chi connectivity index (χ1n) is 7.72. The fourth-order valence-electron chi connectivity index (χ4n) is 2.10. The van der Waals surface area contributed by atoms with Crippen molar-refractivity contribution >= 4 is 5.69 Å². The second kappa shape index (κ2) is 7.83. The third-order valence-corrected chi connectivity index (χ3v) is 3.36. The van der Waals surface area contributed by atoms with Gasteiger partial charge in [0.25, 0.3) is 0 Å². The van der Waals surface area contributed by atoms with Crippen molar-refractivity contribution < 1.29 is 17.9 Å². The van der Waals surface area contributed by atoms with Gasteiger partial charge in [-0.05, 0) is 35.9 Å². The van der Waals surface area contributed by atoms with Crippen molar-refractivity contribution in [1.82, 2.24) is 15.4 Å². The van der Waals surface area contributed by atoms with E-state index in [0.717, 1.165) is 23.5 Å². The summed E-state index contributed by atoms with van der Waals surface area (Å²) in [6, 6.07) is 16.9. The number of halogens is 3. The van der Waals surface area contributed by atoms with Crippen LogP contribution in [0, 0.1) is 0 Å². The zero-order chi connectivity index (χ0) is 18.4. The molecule has 26 heavy (non-hydrogen) atoms. The van der Waals surface area contributed by atoms with Crippen LogP contribution in [0.3, 0.4) is 0 Å². The molecule has 0 bridgehead atoms. The minimum absolute atomic E-state index is 0.351. The number of anilines is 1. The number of hydrogen-bond acceptors (Lipinski definition) is 5. The number of alkyl halides is 3. The Bertz CT molecular complexity index is 839. The highest BCUT2D eigenvalue weighted by molar-refractivity contribution is 5.41. The van der Waals surface area contributed by atoms with E-state index in [1.807, 2.05) is 30.3 Å². The lowest BCUT2D eigenvalue weighted by Crippen LogP contribution is -2.20. The molecule has 2 aromatic carbocycles. The second-order valence-electron chi connectivity index (χ2n) is 5.31. The summed E-state index contributed by atoms with van der Waals surface area (Å²) in [5.41, 5.74) is 6.99. The standard InChI is InChI=1S/C18H15F3N4O/c19-18(20,21)16-10-11-22-17(24-16)26-15-8-6-13(7-9-15)12-23-25-14-4-2-1-3-5-14/h1-11,23,25H,12H2. The fourth-order valence-corrected chi connectivity index (χ4v) is 2.10. The molecule has 0 saturated heterocycles. The van der Waals surface area contributed by atoms with Crippen molar-refractivity contribution in [1.29, 1.82) is 0 Å². The van der Waals surface area contributed by atoms with Gasteiger partial charge in [0.1, 0.15) is 5.75 Å². The van der Waals surface area contributed by atoms with Gasteiger partial charge in [-0.1, -0.05) is 30.3 Å². The number of benzene rings is 2. The fraction of sp³-hybridized carbons (Fsp3) is 0.111. The van der Waals surface area contributed by atoms with E-state index in [0.29, 0.717) is 12.3 Å². The molecule has 0 saturated carbocycles. The molecule has 3 rings (SSSR count). The van der Waals surface area contributed by atoms with Crippen LogP contribution in [0.15, 0.2) is 66.9 Å². The topological polar surface area (TPSA) is 59.1 Å². The van der Waals surface area contributed by atoms with Gasteiger partial charge in [-0.15, -0.1) is 0 Å². The third-order valence-electron chi connectivity index (χ3n) is 3.36. The van der Waals surface area contributed by atoms with Crippen molar-refractivity contribution in [2.24, 2.45) is 0 Å². The summed E-state index contributed by atoms with van der Waals surface area (Å²) in [5.74, 6) is 0.351. The summed E-state index contributed by atoms with van der Waals surface area (Å²) >= 11 is 0. The molecule has 0 amide bonds. The van der Waals surface area contributed by atoms with Crippen LogP contribution >= 0.6 is 0 Å². The largest absolute Gasteiger partial charge is 0.433 e. The average Bonchev–Trinajstić information content (AvgIpc) is 2.64. The molecule has 1 heterocycles. The van der Waals surface area contributed by atoms with Crippen LogP contribution in [-0.4, -0.2) is 9.97 Å². The molecule has 3 aromatic rings. The number of hydrazine groups is 1. The van der Waals surface area contributed by atoms with Crippen LogP contribution in [0.1, 0.15) is 11.3 Å². The average molecular weight is 360 g/mol. The minimum Gasteiger partial charge on any atom is -0.424 e. The first kappa shape index (κ1) is 17.7. The van der Waals surface area contributed by atoms with Crippen molar-refractivity contribution in [3.05, 3.63) is 78.1 Å². The molecule has 0 atom stereocenters. The Hall–Kier alpha value is -3.13. The number of nitrogens with one attached hydrogen (secondary N) is 2. The first-order valence-corrected chi connectivity index (χ1v) is 7.72. The summed E-state index contributed by atoms with van der Waals surface area (Å²) in [4.78, 5) is 7.06. The Kier molecular flexibility index (Phi) is 5.33. The van der Waals surface area contributed by atoms with Crippen LogP contribution in [0.2, 0.25) is 0 Å². The van der Waals surface area contributed by atoms with Crippen LogP contribution in [0.25, 0.3) is 0 Å². The molecule has 0 aliphatic carbocycles. The molecule has 0 aliphatic rings. The molecule has 134 valence electrons. The lowest BCUT2D eigenvalue weighted by molar-refractivity contribution is -0.141. The Labute approximate surface area is 147 Å². The van der Waals surface area contributed by atoms with Crippen LogP contribution < -0.4 is 15.6 Å². The maximum atomic E-state index is 12.6. The van der Waals surface area contributed by atoms with Gasteiger partial charge in [0.15, 0.2) is 5.69 Å². The lowest BCUT2D eigenvalue weighted by Gasteiger charge is -2.10. The molecule has 2 N–H and O–H groups in total. The number of nitrogens with zero attached hydrogens (tertiary/aromatic N) is 2. The van der Waals surface area contributed by atoms with E-state index in [4.69, 9.17) is 4.74 Å². The lowest BCUT2D eigenvalue weighted by atomic mass is 10.2. The van der Waals surface area contributed by atoms with Crippen LogP contribution in [-0.2, 0) is 12.7 Å². The third kappa shape index (κ3) is 4.93. The summed E-state index contributed by atoms with van der Waals surface area (Å²) in [5, 5.41) is 0. The normalized spacial score (nSPS) is 11.2. The zero-order valence-electron chi connectivity index (χ0n) is 13.5. The molecular weight excluding hydrogens is 345 g/mol. The zero-order valence-corrected chi connectivity index (χ0v) is 13.5. The van der Waals surface area contributed by atoms with E-state index in [9.17, 15) is 13.2 Å². The van der Waals surface area contributed by atoms with E-state index in [-0.39, 0.29) is 6.01 Å². The number of aromatic nitrogens is 2. The highest BCUT2D eigenvalue weighted by atomic mass is 19.4. The second-order valence-corrected chi connectivity index (χ2v) is 5.31. The SMILES string of the molecule is FC(F)(F)c1ccnc(Oc2ccc(CNNc3ccccc3)cc2)n1. The highest BCUT2D eigenvalue weighted by Gasteiger charge is 2.33. The van der Waals surface area contributed by atoms with Gasteiger partial charge in [0, 0.05) is 18.4 Å². The van der Waals surface area contributed by atoms with E-state index in [2.05, 4.69) is 20.8 Å². The van der Waals surface area contributed by atoms with E-state index < -0.39 is 11.9 Å². The number of ether oxygens (including phenoxy) is 1. The van der Waals surface area contributed by atoms with Crippen molar-refractivity contribution in [2.75, 3.05) is 5.43 Å². The van der Waals surface area contributed by atoms with E-state index in [1.165, 1.54) is 0 Å². The number of para-hydroxylation sites is 1. The van der Waals surface area contributed by atoms with Gasteiger partial charge in [-0.2, -0.15) is 18.2 Å². The molecule has 8 heteroatoms. The van der Waals surface area contributed by atoms with E-state index in [1.54, 1.807) is 24.3 Å². The molecule has 0 radical (unpaired) electrons. The van der Waals surface area contributed by atoms with Gasteiger partial charge in [-0.3, -0.25) is 0 Å². The van der Waals surface area contributed by atoms with Crippen LogP contribution in [0.5, 0.6) is 11.8 Å². The van der Waals surface area contributed by atoms with Gasteiger partial charge >= 0.3 is 12.2 Å². The molecular formula is C18H15F3N4O. The van der Waals surface area contributed by atoms with E-state index >= 15 is 0 Å². The highest BCUT2D eigenvalue weighted by Crippen LogP contribution is 2.28. The smallest absolute Gasteiger partial charge is 0.424 e. The monoisotopic (exact) mass is 360 g/mol. The van der Waals surface area contributed by atoms with Crippen molar-refractivity contribution in [3.63, 3.8) is 0 Å². The van der Waals surface area contributed by atoms with Crippen LogP contribution in [0.4, 0.5) is 18.9 Å². The summed E-state index contributed by atoms with van der Waals surface area (Å²) in [7, 11) is 0. The predicted octanol–water partition coefficient (Wildman–Crippen LogP) is 4.40. The summed E-state index contributed by atoms with van der Waals surface area (Å²) in [6.07, 6.45) is -3.53. The van der Waals surface area contributed by atoms with Gasteiger partial charge in [-0.25, -0.2) is 10.4 Å². The summed E-state index contributed by atoms with van der Waals surface area (Å²) in [6.45, 7) is 0.551. The Balaban J connectivity index is 1.56. The Morgan fingerprint density at radius 2 is 1.65 bits per heavy atom. The maximum Gasteiger partial charge on any atom is 0.433 e. The molecule has 0 spiro atoms. The first-order chi connectivity index (χ1) is 12.5. The Morgan fingerprint density at radius 3 is 2.35 bits per heavy atom. The van der Waals surface area contributed by atoms with Crippen molar-refractivity contribution in [3.8, 4) is 11.8 Å².